The average molecular weight is 271 g/mol. The molecule has 1 aliphatic heterocycles. The van der Waals surface area contributed by atoms with Crippen molar-refractivity contribution in [1.29, 1.82) is 0 Å². The van der Waals surface area contributed by atoms with E-state index in [1.54, 1.807) is 24.3 Å². The average Bonchev–Trinajstić information content (AvgIpc) is 2.42. The minimum absolute atomic E-state index is 0.261. The lowest BCUT2D eigenvalue weighted by molar-refractivity contribution is -0.133. The zero-order chi connectivity index (χ0) is 14.5. The van der Waals surface area contributed by atoms with Crippen LogP contribution in [0.4, 0.5) is 11.4 Å². The van der Waals surface area contributed by atoms with Gasteiger partial charge in [-0.2, -0.15) is 0 Å². The fourth-order valence-electron chi connectivity index (χ4n) is 1.89. The predicted molar refractivity (Wildman–Crippen MR) is 73.7 cm³/mol. The Balaban J connectivity index is 2.05. The first-order valence-electron chi connectivity index (χ1n) is 6.06. The van der Waals surface area contributed by atoms with Gasteiger partial charge in [-0.15, -0.1) is 6.42 Å². The molecule has 0 bridgehead atoms. The van der Waals surface area contributed by atoms with E-state index in [0.29, 0.717) is 24.2 Å². The van der Waals surface area contributed by atoms with Crippen LogP contribution in [0.5, 0.6) is 0 Å². The van der Waals surface area contributed by atoms with Crippen LogP contribution in [0.1, 0.15) is 12.8 Å². The standard InChI is InChI=1S/C14H13N3O3/c1-2-12(18)16-10-5-3-4-9(8-10)15-11-6-7-13(19)17-14(11)20/h1,3-5,8,11,15H,6-7H2,(H,16,18)(H,17,19,20). The highest BCUT2D eigenvalue weighted by molar-refractivity contribution is 6.04. The molecule has 0 radical (unpaired) electrons. The maximum absolute atomic E-state index is 11.6. The molecule has 0 aromatic heterocycles. The third-order valence-electron chi connectivity index (χ3n) is 2.83. The van der Waals surface area contributed by atoms with Gasteiger partial charge in [-0.1, -0.05) is 6.07 Å². The minimum Gasteiger partial charge on any atom is -0.374 e. The molecule has 6 nitrogen and oxygen atoms in total. The maximum atomic E-state index is 11.6. The van der Waals surface area contributed by atoms with E-state index in [9.17, 15) is 14.4 Å². The van der Waals surface area contributed by atoms with Crippen LogP contribution in [-0.4, -0.2) is 23.8 Å². The van der Waals surface area contributed by atoms with Crippen LogP contribution >= 0.6 is 0 Å². The van der Waals surface area contributed by atoms with Crippen LogP contribution in [0, 0.1) is 12.3 Å². The number of terminal acetylenes is 1. The number of piperidine rings is 1. The quantitative estimate of drug-likeness (QED) is 0.551. The Morgan fingerprint density at radius 2 is 2.10 bits per heavy atom. The van der Waals surface area contributed by atoms with E-state index in [1.165, 1.54) is 0 Å². The summed E-state index contributed by atoms with van der Waals surface area (Å²) in [6.45, 7) is 0. The highest BCUT2D eigenvalue weighted by atomic mass is 16.2. The number of nitrogens with one attached hydrogen (secondary N) is 3. The normalized spacial score (nSPS) is 17.9. The maximum Gasteiger partial charge on any atom is 0.300 e. The van der Waals surface area contributed by atoms with Gasteiger partial charge in [-0.3, -0.25) is 19.7 Å². The number of rotatable bonds is 3. The lowest BCUT2D eigenvalue weighted by Gasteiger charge is -2.23. The lowest BCUT2D eigenvalue weighted by Crippen LogP contribution is -2.47. The predicted octanol–water partition coefficient (Wildman–Crippen LogP) is 0.475. The summed E-state index contributed by atoms with van der Waals surface area (Å²) in [6.07, 6.45) is 5.71. The van der Waals surface area contributed by atoms with Gasteiger partial charge in [0.05, 0.1) is 0 Å². The van der Waals surface area contributed by atoms with Crippen molar-refractivity contribution in [3.8, 4) is 12.3 Å². The zero-order valence-electron chi connectivity index (χ0n) is 10.6. The van der Waals surface area contributed by atoms with E-state index < -0.39 is 11.9 Å². The fraction of sp³-hybridized carbons (Fsp3) is 0.214. The van der Waals surface area contributed by atoms with Crippen molar-refractivity contribution < 1.29 is 14.4 Å². The van der Waals surface area contributed by atoms with E-state index >= 15 is 0 Å². The van der Waals surface area contributed by atoms with Gasteiger partial charge in [0.1, 0.15) is 6.04 Å². The van der Waals surface area contributed by atoms with Crippen LogP contribution in [0.25, 0.3) is 0 Å². The molecule has 3 amide bonds. The van der Waals surface area contributed by atoms with Gasteiger partial charge in [0.2, 0.25) is 11.8 Å². The molecule has 1 unspecified atom stereocenters. The SMILES string of the molecule is C#CC(=O)Nc1cccc(NC2CCC(=O)NC2=O)c1. The Hall–Kier alpha value is -2.81. The van der Waals surface area contributed by atoms with Crippen LogP contribution in [0.3, 0.4) is 0 Å². The molecule has 2 rings (SSSR count). The number of benzene rings is 1. The summed E-state index contributed by atoms with van der Waals surface area (Å²) in [5.41, 5.74) is 1.19. The molecule has 6 heteroatoms. The van der Waals surface area contributed by atoms with Gasteiger partial charge in [0.15, 0.2) is 0 Å². The number of anilines is 2. The van der Waals surface area contributed by atoms with Crippen molar-refractivity contribution >= 4 is 29.1 Å². The second kappa shape index (κ2) is 5.89. The number of carbonyl (C=O) groups excluding carboxylic acids is 3. The fourth-order valence-corrected chi connectivity index (χ4v) is 1.89. The molecule has 1 fully saturated rings. The molecule has 1 atom stereocenters. The van der Waals surface area contributed by atoms with E-state index in [4.69, 9.17) is 6.42 Å². The van der Waals surface area contributed by atoms with Gasteiger partial charge < -0.3 is 10.6 Å². The number of carbonyl (C=O) groups is 3. The Morgan fingerprint density at radius 1 is 1.35 bits per heavy atom. The van der Waals surface area contributed by atoms with Crippen LogP contribution in [-0.2, 0) is 14.4 Å². The van der Waals surface area contributed by atoms with Gasteiger partial charge in [0.25, 0.3) is 5.91 Å². The van der Waals surface area contributed by atoms with E-state index in [1.807, 2.05) is 5.92 Å². The summed E-state index contributed by atoms with van der Waals surface area (Å²) in [7, 11) is 0. The first-order valence-corrected chi connectivity index (χ1v) is 6.06. The monoisotopic (exact) mass is 271 g/mol. The first-order chi connectivity index (χ1) is 9.58. The van der Waals surface area contributed by atoms with Gasteiger partial charge in [-0.05, 0) is 30.5 Å². The second-order valence-electron chi connectivity index (χ2n) is 4.33. The van der Waals surface area contributed by atoms with Crippen molar-refractivity contribution in [2.75, 3.05) is 10.6 Å². The first kappa shape index (κ1) is 13.6. The van der Waals surface area contributed by atoms with Gasteiger partial charge in [0, 0.05) is 17.8 Å². The Labute approximate surface area is 115 Å². The van der Waals surface area contributed by atoms with Crippen LogP contribution in [0.15, 0.2) is 24.3 Å². The van der Waals surface area contributed by atoms with Gasteiger partial charge >= 0.3 is 0 Å². The molecule has 1 aliphatic rings. The third-order valence-corrected chi connectivity index (χ3v) is 2.83. The molecular weight excluding hydrogens is 258 g/mol. The Bertz CT molecular complexity index is 604. The topological polar surface area (TPSA) is 87.3 Å². The van der Waals surface area contributed by atoms with Gasteiger partial charge in [-0.25, -0.2) is 0 Å². The molecule has 3 N–H and O–H groups in total. The number of amides is 3. The van der Waals surface area contributed by atoms with Crippen LogP contribution < -0.4 is 16.0 Å². The summed E-state index contributed by atoms with van der Waals surface area (Å²) < 4.78 is 0. The number of hydrogen-bond acceptors (Lipinski definition) is 4. The Kier molecular flexibility index (Phi) is 4.01. The number of imide groups is 1. The summed E-state index contributed by atoms with van der Waals surface area (Å²) >= 11 is 0. The molecular formula is C14H13N3O3. The molecule has 1 heterocycles. The second-order valence-corrected chi connectivity index (χ2v) is 4.33. The summed E-state index contributed by atoms with van der Waals surface area (Å²) in [5.74, 6) is 0.807. The Morgan fingerprint density at radius 3 is 2.80 bits per heavy atom. The molecule has 0 saturated carbocycles. The molecule has 1 saturated heterocycles. The van der Waals surface area contributed by atoms with Crippen LogP contribution in [0.2, 0.25) is 0 Å². The number of hydrogen-bond donors (Lipinski definition) is 3. The molecule has 0 spiro atoms. The van der Waals surface area contributed by atoms with E-state index in [0.717, 1.165) is 0 Å². The summed E-state index contributed by atoms with van der Waals surface area (Å²) in [4.78, 5) is 33.8. The zero-order valence-corrected chi connectivity index (χ0v) is 10.6. The van der Waals surface area contributed by atoms with Crippen molar-refractivity contribution in [3.63, 3.8) is 0 Å². The van der Waals surface area contributed by atoms with Crippen molar-refractivity contribution in [2.24, 2.45) is 0 Å². The molecule has 1 aromatic rings. The highest BCUT2D eigenvalue weighted by Crippen LogP contribution is 2.18. The molecule has 0 aliphatic carbocycles. The smallest absolute Gasteiger partial charge is 0.300 e. The van der Waals surface area contributed by atoms with Crippen molar-refractivity contribution in [1.82, 2.24) is 5.32 Å². The van der Waals surface area contributed by atoms with Crippen molar-refractivity contribution in [3.05, 3.63) is 24.3 Å². The molecule has 102 valence electrons. The minimum atomic E-state index is -0.539. The van der Waals surface area contributed by atoms with E-state index in [-0.39, 0.29) is 11.8 Å². The van der Waals surface area contributed by atoms with E-state index in [2.05, 4.69) is 16.0 Å². The summed E-state index contributed by atoms with van der Waals surface area (Å²) in [5, 5.41) is 7.80. The summed E-state index contributed by atoms with van der Waals surface area (Å²) in [6, 6.07) is 6.37. The van der Waals surface area contributed by atoms with Crippen molar-refractivity contribution in [2.45, 2.75) is 18.9 Å². The molecule has 20 heavy (non-hydrogen) atoms. The molecule has 1 aromatic carbocycles. The third kappa shape index (κ3) is 3.36. The lowest BCUT2D eigenvalue weighted by atomic mass is 10.1. The largest absolute Gasteiger partial charge is 0.374 e. The highest BCUT2D eigenvalue weighted by Gasteiger charge is 2.26.